The zero-order valence-electron chi connectivity index (χ0n) is 11.1. The Morgan fingerprint density at radius 1 is 1.21 bits per heavy atom. The predicted octanol–water partition coefficient (Wildman–Crippen LogP) is 4.59. The molecule has 0 N–H and O–H groups in total. The average Bonchev–Trinajstić information content (AvgIpc) is 2.79. The Morgan fingerprint density at radius 2 is 1.84 bits per heavy atom. The van der Waals surface area contributed by atoms with Gasteiger partial charge < -0.3 is 4.74 Å². The highest BCUT2D eigenvalue weighted by atomic mass is 35.5. The van der Waals surface area contributed by atoms with E-state index in [2.05, 4.69) is 0 Å². The van der Waals surface area contributed by atoms with E-state index >= 15 is 0 Å². The number of hydrogen-bond acceptors (Lipinski definition) is 3. The Hall–Kier alpha value is -1.32. The predicted molar refractivity (Wildman–Crippen MR) is 79.8 cm³/mol. The molecule has 2 aromatic rings. The highest BCUT2D eigenvalue weighted by Gasteiger charge is 2.10. The molecule has 0 aliphatic heterocycles. The van der Waals surface area contributed by atoms with Crippen LogP contribution in [0.4, 0.5) is 0 Å². The van der Waals surface area contributed by atoms with Gasteiger partial charge in [-0.1, -0.05) is 11.6 Å². The Balaban J connectivity index is 2.05. The summed E-state index contributed by atoms with van der Waals surface area (Å²) in [4.78, 5) is 13.8. The van der Waals surface area contributed by atoms with Crippen molar-refractivity contribution < 1.29 is 9.53 Å². The van der Waals surface area contributed by atoms with Gasteiger partial charge in [0.15, 0.2) is 6.61 Å². The first-order valence-corrected chi connectivity index (χ1v) is 7.16. The van der Waals surface area contributed by atoms with Gasteiger partial charge in [-0.25, -0.2) is 0 Å². The third-order valence-electron chi connectivity index (χ3n) is 2.80. The number of ether oxygens (including phenoxy) is 1. The van der Waals surface area contributed by atoms with Gasteiger partial charge in [0.2, 0.25) is 5.78 Å². The number of ketones is 1. The van der Waals surface area contributed by atoms with Gasteiger partial charge in [0.1, 0.15) is 5.75 Å². The second-order valence-electron chi connectivity index (χ2n) is 4.49. The molecule has 1 heterocycles. The van der Waals surface area contributed by atoms with E-state index in [0.717, 1.165) is 25.9 Å². The van der Waals surface area contributed by atoms with E-state index in [9.17, 15) is 4.79 Å². The van der Waals surface area contributed by atoms with Gasteiger partial charge in [-0.15, -0.1) is 11.3 Å². The van der Waals surface area contributed by atoms with Crippen LogP contribution in [0, 0.1) is 20.8 Å². The van der Waals surface area contributed by atoms with Crippen molar-refractivity contribution in [3.8, 4) is 5.75 Å². The normalized spacial score (nSPS) is 10.5. The lowest BCUT2D eigenvalue weighted by Gasteiger charge is -2.09. The molecule has 1 aromatic carbocycles. The summed E-state index contributed by atoms with van der Waals surface area (Å²) in [6.07, 6.45) is 0. The number of hydrogen-bond donors (Lipinski definition) is 0. The fourth-order valence-corrected chi connectivity index (χ4v) is 2.69. The number of carbonyl (C=O) groups is 1. The molecule has 0 aliphatic rings. The van der Waals surface area contributed by atoms with E-state index in [4.69, 9.17) is 16.3 Å². The minimum atomic E-state index is 0.00311. The lowest BCUT2D eigenvalue weighted by Crippen LogP contribution is -2.10. The maximum absolute atomic E-state index is 11.9. The smallest absolute Gasteiger partial charge is 0.210 e. The molecule has 1 aromatic heterocycles. The van der Waals surface area contributed by atoms with Crippen molar-refractivity contribution in [2.75, 3.05) is 6.61 Å². The van der Waals surface area contributed by atoms with E-state index in [1.54, 1.807) is 0 Å². The van der Waals surface area contributed by atoms with Crippen molar-refractivity contribution in [2.45, 2.75) is 20.8 Å². The van der Waals surface area contributed by atoms with Crippen molar-refractivity contribution in [1.29, 1.82) is 0 Å². The standard InChI is InChI=1S/C15H15ClO2S/c1-9-6-12(7-10(2)15(9)16)18-8-13(17)14-5-4-11(3)19-14/h4-7H,8H2,1-3H3. The van der Waals surface area contributed by atoms with E-state index < -0.39 is 0 Å². The summed E-state index contributed by atoms with van der Waals surface area (Å²) in [6.45, 7) is 5.88. The fourth-order valence-electron chi connectivity index (χ4n) is 1.79. The minimum absolute atomic E-state index is 0.00311. The van der Waals surface area contributed by atoms with Crippen LogP contribution in [0.1, 0.15) is 25.7 Å². The summed E-state index contributed by atoms with van der Waals surface area (Å²) < 4.78 is 5.55. The van der Waals surface area contributed by atoms with Crippen molar-refractivity contribution in [3.63, 3.8) is 0 Å². The van der Waals surface area contributed by atoms with Crippen LogP contribution in [0.2, 0.25) is 5.02 Å². The van der Waals surface area contributed by atoms with Gasteiger partial charge in [0.05, 0.1) is 4.88 Å². The minimum Gasteiger partial charge on any atom is -0.485 e. The Morgan fingerprint density at radius 3 is 2.37 bits per heavy atom. The highest BCUT2D eigenvalue weighted by molar-refractivity contribution is 7.14. The summed E-state index contributed by atoms with van der Waals surface area (Å²) in [5.74, 6) is 0.685. The zero-order chi connectivity index (χ0) is 14.0. The summed E-state index contributed by atoms with van der Waals surface area (Å²) in [6, 6.07) is 7.48. The lowest BCUT2D eigenvalue weighted by molar-refractivity contribution is 0.0925. The first-order valence-electron chi connectivity index (χ1n) is 5.96. The van der Waals surface area contributed by atoms with Crippen LogP contribution in [-0.2, 0) is 0 Å². The third-order valence-corrected chi connectivity index (χ3v) is 4.43. The van der Waals surface area contributed by atoms with Crippen LogP contribution in [0.15, 0.2) is 24.3 Å². The zero-order valence-corrected chi connectivity index (χ0v) is 12.7. The van der Waals surface area contributed by atoms with E-state index in [-0.39, 0.29) is 12.4 Å². The van der Waals surface area contributed by atoms with Gasteiger partial charge in [-0.2, -0.15) is 0 Å². The number of benzene rings is 1. The van der Waals surface area contributed by atoms with Crippen molar-refractivity contribution in [1.82, 2.24) is 0 Å². The monoisotopic (exact) mass is 294 g/mol. The molecule has 0 amide bonds. The van der Waals surface area contributed by atoms with Crippen LogP contribution >= 0.6 is 22.9 Å². The largest absolute Gasteiger partial charge is 0.485 e. The fraction of sp³-hybridized carbons (Fsp3) is 0.267. The van der Waals surface area contributed by atoms with Crippen LogP contribution in [-0.4, -0.2) is 12.4 Å². The summed E-state index contributed by atoms with van der Waals surface area (Å²) in [5, 5.41) is 0.743. The van der Waals surface area contributed by atoms with E-state index in [1.807, 2.05) is 45.0 Å². The molecular weight excluding hydrogens is 280 g/mol. The molecular formula is C15H15ClO2S. The van der Waals surface area contributed by atoms with Crippen LogP contribution in [0.5, 0.6) is 5.75 Å². The van der Waals surface area contributed by atoms with Gasteiger partial charge in [0, 0.05) is 9.90 Å². The molecule has 2 nitrogen and oxygen atoms in total. The molecule has 0 unspecified atom stereocenters. The SMILES string of the molecule is Cc1ccc(C(=O)COc2cc(C)c(Cl)c(C)c2)s1. The van der Waals surface area contributed by atoms with Crippen LogP contribution in [0.25, 0.3) is 0 Å². The second kappa shape index (κ2) is 5.76. The number of carbonyl (C=O) groups excluding carboxylic acids is 1. The Kier molecular flexibility index (Phi) is 4.27. The molecule has 2 rings (SSSR count). The molecule has 0 atom stereocenters. The molecule has 19 heavy (non-hydrogen) atoms. The van der Waals surface area contributed by atoms with Gasteiger partial charge in [0.25, 0.3) is 0 Å². The molecule has 100 valence electrons. The number of halogens is 1. The van der Waals surface area contributed by atoms with Crippen LogP contribution < -0.4 is 4.74 Å². The summed E-state index contributed by atoms with van der Waals surface area (Å²) in [5.41, 5.74) is 1.91. The maximum Gasteiger partial charge on any atom is 0.210 e. The number of Topliss-reactive ketones (excluding diaryl/α,β-unsaturated/α-hetero) is 1. The topological polar surface area (TPSA) is 26.3 Å². The molecule has 0 saturated carbocycles. The number of aryl methyl sites for hydroxylation is 3. The Bertz CT molecular complexity index is 593. The maximum atomic E-state index is 11.9. The molecule has 0 aliphatic carbocycles. The average molecular weight is 295 g/mol. The Labute approximate surface area is 122 Å². The van der Waals surface area contributed by atoms with Crippen molar-refractivity contribution in [2.24, 2.45) is 0 Å². The van der Waals surface area contributed by atoms with Gasteiger partial charge in [-0.05, 0) is 56.2 Å². The van der Waals surface area contributed by atoms with Gasteiger partial charge >= 0.3 is 0 Å². The summed E-state index contributed by atoms with van der Waals surface area (Å²) in [7, 11) is 0. The van der Waals surface area contributed by atoms with E-state index in [1.165, 1.54) is 11.3 Å². The molecule has 0 fully saturated rings. The summed E-state index contributed by atoms with van der Waals surface area (Å²) >= 11 is 7.58. The number of rotatable bonds is 4. The molecule has 0 spiro atoms. The number of thiophene rings is 1. The lowest BCUT2D eigenvalue weighted by atomic mass is 10.1. The third kappa shape index (κ3) is 3.37. The first kappa shape index (κ1) is 14.1. The highest BCUT2D eigenvalue weighted by Crippen LogP contribution is 2.26. The van der Waals surface area contributed by atoms with Crippen molar-refractivity contribution in [3.05, 3.63) is 50.2 Å². The molecule has 4 heteroatoms. The second-order valence-corrected chi connectivity index (χ2v) is 6.16. The molecule has 0 bridgehead atoms. The van der Waals surface area contributed by atoms with Crippen molar-refractivity contribution >= 4 is 28.7 Å². The van der Waals surface area contributed by atoms with Gasteiger partial charge in [-0.3, -0.25) is 4.79 Å². The molecule has 0 radical (unpaired) electrons. The quantitative estimate of drug-likeness (QED) is 0.771. The van der Waals surface area contributed by atoms with E-state index in [0.29, 0.717) is 5.75 Å². The first-order chi connectivity index (χ1) is 8.97. The van der Waals surface area contributed by atoms with Crippen LogP contribution in [0.3, 0.4) is 0 Å². The molecule has 0 saturated heterocycles.